The second-order valence-electron chi connectivity index (χ2n) is 6.22. The number of aryl methyl sites for hydroxylation is 2. The van der Waals surface area contributed by atoms with Crippen molar-refractivity contribution in [3.63, 3.8) is 0 Å². The summed E-state index contributed by atoms with van der Waals surface area (Å²) in [6.07, 6.45) is 8.40. The lowest BCUT2D eigenvalue weighted by molar-refractivity contribution is -0.140. The molecule has 1 amide bonds. The Kier molecular flexibility index (Phi) is 7.11. The Morgan fingerprint density at radius 1 is 1.09 bits per heavy atom. The molecule has 0 atom stereocenters. The lowest BCUT2D eigenvalue weighted by atomic mass is 9.90. The molecule has 2 rings (SSSR count). The lowest BCUT2D eigenvalue weighted by Gasteiger charge is -2.16. The molecule has 0 heterocycles. The number of amides is 1. The maximum Gasteiger partial charge on any atom is 0.305 e. The molecule has 0 saturated carbocycles. The summed E-state index contributed by atoms with van der Waals surface area (Å²) in [5.41, 5.74) is 3.98. The Morgan fingerprint density at radius 3 is 2.65 bits per heavy atom. The largest absolute Gasteiger partial charge is 0.469 e. The number of unbranched alkanes of at least 4 members (excludes halogenated alkanes) is 2. The van der Waals surface area contributed by atoms with Gasteiger partial charge in [-0.1, -0.05) is 24.6 Å². The monoisotopic (exact) mass is 317 g/mol. The summed E-state index contributed by atoms with van der Waals surface area (Å²) in [5.74, 6) is -0.0878. The second kappa shape index (κ2) is 9.33. The standard InChI is InChI=1S/C19H27NO3/c1-23-19(22)9-3-2-6-12-20-18(21)14-15-10-11-16-7-4-5-8-17(16)13-15/h10-11,13H,2-9,12,14H2,1H3,(H,20,21). The van der Waals surface area contributed by atoms with E-state index in [-0.39, 0.29) is 11.9 Å². The van der Waals surface area contributed by atoms with Crippen LogP contribution in [0, 0.1) is 0 Å². The summed E-state index contributed by atoms with van der Waals surface area (Å²) in [6.45, 7) is 0.672. The molecular formula is C19H27NO3. The van der Waals surface area contributed by atoms with Gasteiger partial charge in [-0.05, 0) is 55.2 Å². The number of esters is 1. The molecule has 0 fully saturated rings. The summed E-state index contributed by atoms with van der Waals surface area (Å²) in [7, 11) is 1.41. The van der Waals surface area contributed by atoms with E-state index in [1.807, 2.05) is 0 Å². The van der Waals surface area contributed by atoms with Crippen molar-refractivity contribution in [3.05, 3.63) is 34.9 Å². The SMILES string of the molecule is COC(=O)CCCCCNC(=O)Cc1ccc2c(c1)CCCC2. The highest BCUT2D eigenvalue weighted by Crippen LogP contribution is 2.22. The molecule has 1 aromatic carbocycles. The van der Waals surface area contributed by atoms with Gasteiger partial charge in [-0.25, -0.2) is 0 Å². The van der Waals surface area contributed by atoms with Gasteiger partial charge in [0, 0.05) is 13.0 Å². The molecule has 1 N–H and O–H groups in total. The smallest absolute Gasteiger partial charge is 0.305 e. The third kappa shape index (κ3) is 6.05. The van der Waals surface area contributed by atoms with Crippen LogP contribution in [-0.4, -0.2) is 25.5 Å². The van der Waals surface area contributed by atoms with Crippen LogP contribution < -0.4 is 5.32 Å². The van der Waals surface area contributed by atoms with Crippen molar-refractivity contribution in [2.75, 3.05) is 13.7 Å². The van der Waals surface area contributed by atoms with Crippen LogP contribution in [0.2, 0.25) is 0 Å². The number of benzene rings is 1. The highest BCUT2D eigenvalue weighted by atomic mass is 16.5. The van der Waals surface area contributed by atoms with Crippen LogP contribution in [0.5, 0.6) is 0 Å². The summed E-state index contributed by atoms with van der Waals surface area (Å²) in [5, 5.41) is 2.96. The first-order valence-electron chi connectivity index (χ1n) is 8.63. The van der Waals surface area contributed by atoms with Gasteiger partial charge in [0.1, 0.15) is 0 Å². The second-order valence-corrected chi connectivity index (χ2v) is 6.22. The van der Waals surface area contributed by atoms with E-state index in [0.717, 1.165) is 31.2 Å². The minimum Gasteiger partial charge on any atom is -0.469 e. The molecule has 0 spiro atoms. The average Bonchev–Trinajstić information content (AvgIpc) is 2.57. The van der Waals surface area contributed by atoms with Crippen molar-refractivity contribution in [3.8, 4) is 0 Å². The fourth-order valence-electron chi connectivity index (χ4n) is 3.05. The molecule has 1 aliphatic rings. The number of rotatable bonds is 8. The Morgan fingerprint density at radius 2 is 1.87 bits per heavy atom. The molecule has 0 saturated heterocycles. The van der Waals surface area contributed by atoms with Gasteiger partial charge in [-0.15, -0.1) is 0 Å². The number of ether oxygens (including phenoxy) is 1. The van der Waals surface area contributed by atoms with E-state index >= 15 is 0 Å². The summed E-state index contributed by atoms with van der Waals surface area (Å²) >= 11 is 0. The van der Waals surface area contributed by atoms with Crippen molar-refractivity contribution in [1.29, 1.82) is 0 Å². The van der Waals surface area contributed by atoms with E-state index in [1.54, 1.807) is 0 Å². The van der Waals surface area contributed by atoms with Crippen LogP contribution >= 0.6 is 0 Å². The highest BCUT2D eigenvalue weighted by Gasteiger charge is 2.11. The zero-order chi connectivity index (χ0) is 16.5. The van der Waals surface area contributed by atoms with Gasteiger partial charge < -0.3 is 10.1 Å². The fourth-order valence-corrected chi connectivity index (χ4v) is 3.05. The van der Waals surface area contributed by atoms with E-state index in [1.165, 1.54) is 37.5 Å². The van der Waals surface area contributed by atoms with E-state index < -0.39 is 0 Å². The molecule has 0 radical (unpaired) electrons. The van der Waals surface area contributed by atoms with Crippen LogP contribution in [0.25, 0.3) is 0 Å². The van der Waals surface area contributed by atoms with Crippen molar-refractivity contribution in [1.82, 2.24) is 5.32 Å². The van der Waals surface area contributed by atoms with Crippen LogP contribution in [0.3, 0.4) is 0 Å². The van der Waals surface area contributed by atoms with Crippen molar-refractivity contribution >= 4 is 11.9 Å². The van der Waals surface area contributed by atoms with E-state index in [4.69, 9.17) is 0 Å². The number of carbonyl (C=O) groups excluding carboxylic acids is 2. The van der Waals surface area contributed by atoms with E-state index in [0.29, 0.717) is 19.4 Å². The first kappa shape index (κ1) is 17.5. The van der Waals surface area contributed by atoms with Gasteiger partial charge in [-0.3, -0.25) is 9.59 Å². The number of carbonyl (C=O) groups is 2. The maximum atomic E-state index is 12.0. The third-order valence-corrected chi connectivity index (χ3v) is 4.39. The molecule has 1 aliphatic carbocycles. The minimum absolute atomic E-state index is 0.0775. The van der Waals surface area contributed by atoms with Crippen LogP contribution in [-0.2, 0) is 33.6 Å². The molecule has 0 bridgehead atoms. The molecule has 4 nitrogen and oxygen atoms in total. The molecule has 126 valence electrons. The summed E-state index contributed by atoms with van der Waals surface area (Å²) in [4.78, 5) is 22.9. The Hall–Kier alpha value is -1.84. The van der Waals surface area contributed by atoms with Crippen LogP contribution in [0.15, 0.2) is 18.2 Å². The van der Waals surface area contributed by atoms with Crippen molar-refractivity contribution in [2.45, 2.75) is 57.8 Å². The topological polar surface area (TPSA) is 55.4 Å². The normalized spacial score (nSPS) is 13.3. The van der Waals surface area contributed by atoms with Gasteiger partial charge in [0.25, 0.3) is 0 Å². The number of methoxy groups -OCH3 is 1. The van der Waals surface area contributed by atoms with Gasteiger partial charge in [0.2, 0.25) is 5.91 Å². The Labute approximate surface area is 138 Å². The Balaban J connectivity index is 1.64. The predicted molar refractivity (Wildman–Crippen MR) is 90.3 cm³/mol. The third-order valence-electron chi connectivity index (χ3n) is 4.39. The van der Waals surface area contributed by atoms with E-state index in [2.05, 4.69) is 28.3 Å². The molecule has 0 aromatic heterocycles. The minimum atomic E-state index is -0.165. The van der Waals surface area contributed by atoms with Crippen LogP contribution in [0.1, 0.15) is 55.2 Å². The zero-order valence-corrected chi connectivity index (χ0v) is 14.0. The summed E-state index contributed by atoms with van der Waals surface area (Å²) < 4.78 is 4.59. The lowest BCUT2D eigenvalue weighted by Crippen LogP contribution is -2.26. The maximum absolute atomic E-state index is 12.0. The van der Waals surface area contributed by atoms with Gasteiger partial charge in [-0.2, -0.15) is 0 Å². The van der Waals surface area contributed by atoms with Gasteiger partial charge in [0.05, 0.1) is 13.5 Å². The zero-order valence-electron chi connectivity index (χ0n) is 14.0. The predicted octanol–water partition coefficient (Wildman–Crippen LogP) is 2.96. The number of fused-ring (bicyclic) bond motifs is 1. The average molecular weight is 317 g/mol. The highest BCUT2D eigenvalue weighted by molar-refractivity contribution is 5.78. The van der Waals surface area contributed by atoms with Gasteiger partial charge >= 0.3 is 5.97 Å². The molecule has 23 heavy (non-hydrogen) atoms. The quantitative estimate of drug-likeness (QED) is 0.592. The molecule has 4 heteroatoms. The first-order valence-corrected chi connectivity index (χ1v) is 8.63. The number of hydrogen-bond acceptors (Lipinski definition) is 3. The Bertz CT molecular complexity index is 539. The number of nitrogens with one attached hydrogen (secondary N) is 1. The molecule has 1 aromatic rings. The molecule has 0 unspecified atom stereocenters. The van der Waals surface area contributed by atoms with Crippen molar-refractivity contribution in [2.24, 2.45) is 0 Å². The molecule has 0 aliphatic heterocycles. The number of hydrogen-bond donors (Lipinski definition) is 1. The summed E-state index contributed by atoms with van der Waals surface area (Å²) in [6, 6.07) is 6.47. The fraction of sp³-hybridized carbons (Fsp3) is 0.579. The van der Waals surface area contributed by atoms with Crippen molar-refractivity contribution < 1.29 is 14.3 Å². The first-order chi connectivity index (χ1) is 11.2. The van der Waals surface area contributed by atoms with E-state index in [9.17, 15) is 9.59 Å². The van der Waals surface area contributed by atoms with Crippen LogP contribution in [0.4, 0.5) is 0 Å². The van der Waals surface area contributed by atoms with Gasteiger partial charge in [0.15, 0.2) is 0 Å². The molecular weight excluding hydrogens is 290 g/mol.